The Hall–Kier alpha value is -2.84. The highest BCUT2D eigenvalue weighted by atomic mass is 32.2. The zero-order chi connectivity index (χ0) is 18.7. The molecule has 0 aliphatic carbocycles. The molecule has 1 aromatic heterocycles. The molecular formula is C19H18N2O5S. The lowest BCUT2D eigenvalue weighted by Crippen LogP contribution is -2.23. The molecule has 0 atom stereocenters. The van der Waals surface area contributed by atoms with Crippen LogP contribution in [-0.4, -0.2) is 26.6 Å². The highest BCUT2D eigenvalue weighted by Crippen LogP contribution is 2.32. The summed E-state index contributed by atoms with van der Waals surface area (Å²) in [6, 6.07) is 14.0. The molecule has 8 heteroatoms. The fourth-order valence-corrected chi connectivity index (χ4v) is 3.67. The van der Waals surface area contributed by atoms with Gasteiger partial charge in [-0.25, -0.2) is 18.1 Å². The van der Waals surface area contributed by atoms with E-state index in [9.17, 15) is 8.42 Å². The maximum absolute atomic E-state index is 12.6. The van der Waals surface area contributed by atoms with Crippen LogP contribution in [0.2, 0.25) is 0 Å². The van der Waals surface area contributed by atoms with Crippen molar-refractivity contribution in [1.29, 1.82) is 0 Å². The third kappa shape index (κ3) is 3.96. The van der Waals surface area contributed by atoms with Crippen molar-refractivity contribution in [2.45, 2.75) is 17.9 Å². The molecular weight excluding hydrogens is 368 g/mol. The molecule has 2 aromatic carbocycles. The highest BCUT2D eigenvalue weighted by molar-refractivity contribution is 7.89. The minimum atomic E-state index is -3.74. The van der Waals surface area contributed by atoms with Gasteiger partial charge in [0.2, 0.25) is 15.9 Å². The van der Waals surface area contributed by atoms with Crippen LogP contribution >= 0.6 is 0 Å². The monoisotopic (exact) mass is 386 g/mol. The summed E-state index contributed by atoms with van der Waals surface area (Å²) in [5.74, 6) is 1.84. The van der Waals surface area contributed by atoms with E-state index in [-0.39, 0.29) is 17.3 Å². The minimum Gasteiger partial charge on any atom is -0.490 e. The number of oxazole rings is 1. The number of sulfonamides is 1. The Morgan fingerprint density at radius 3 is 2.59 bits per heavy atom. The Balaban J connectivity index is 1.48. The van der Waals surface area contributed by atoms with Gasteiger partial charge < -0.3 is 13.9 Å². The van der Waals surface area contributed by atoms with Gasteiger partial charge in [-0.05, 0) is 12.1 Å². The Bertz CT molecular complexity index is 1030. The number of hydrogen-bond acceptors (Lipinski definition) is 6. The Morgan fingerprint density at radius 1 is 1.00 bits per heavy atom. The normalized spacial score (nSPS) is 13.9. The molecule has 140 valence electrons. The maximum Gasteiger partial charge on any atom is 0.241 e. The first-order chi connectivity index (χ1) is 13.1. The Labute approximate surface area is 157 Å². The summed E-state index contributed by atoms with van der Waals surface area (Å²) < 4.78 is 44.4. The van der Waals surface area contributed by atoms with Crippen LogP contribution in [0.3, 0.4) is 0 Å². The molecule has 1 aliphatic heterocycles. The van der Waals surface area contributed by atoms with E-state index < -0.39 is 10.0 Å². The van der Waals surface area contributed by atoms with Crippen LogP contribution in [0.25, 0.3) is 11.3 Å². The molecule has 0 unspecified atom stereocenters. The van der Waals surface area contributed by atoms with Gasteiger partial charge in [0.25, 0.3) is 0 Å². The van der Waals surface area contributed by atoms with Gasteiger partial charge in [-0.1, -0.05) is 30.3 Å². The van der Waals surface area contributed by atoms with E-state index in [0.717, 1.165) is 12.0 Å². The smallest absolute Gasteiger partial charge is 0.241 e. The van der Waals surface area contributed by atoms with Crippen LogP contribution in [0.4, 0.5) is 0 Å². The lowest BCUT2D eigenvalue weighted by atomic mass is 10.2. The molecule has 0 bridgehead atoms. The lowest BCUT2D eigenvalue weighted by Gasteiger charge is -2.10. The van der Waals surface area contributed by atoms with Gasteiger partial charge in [-0.15, -0.1) is 0 Å². The van der Waals surface area contributed by atoms with Crippen LogP contribution in [0, 0.1) is 0 Å². The number of nitrogens with one attached hydrogen (secondary N) is 1. The van der Waals surface area contributed by atoms with Crippen molar-refractivity contribution in [3.63, 3.8) is 0 Å². The number of rotatable bonds is 5. The molecule has 0 saturated heterocycles. The minimum absolute atomic E-state index is 0.0520. The van der Waals surface area contributed by atoms with Crippen LogP contribution in [0.5, 0.6) is 11.5 Å². The third-order valence-corrected chi connectivity index (χ3v) is 5.45. The Kier molecular flexibility index (Phi) is 4.83. The van der Waals surface area contributed by atoms with Crippen molar-refractivity contribution >= 4 is 10.0 Å². The van der Waals surface area contributed by atoms with E-state index in [4.69, 9.17) is 13.9 Å². The van der Waals surface area contributed by atoms with Crippen LogP contribution in [0.1, 0.15) is 12.3 Å². The predicted molar refractivity (Wildman–Crippen MR) is 98.0 cm³/mol. The summed E-state index contributed by atoms with van der Waals surface area (Å²) in [6.07, 6.45) is 2.33. The van der Waals surface area contributed by atoms with Gasteiger partial charge in [0, 0.05) is 18.1 Å². The average Bonchev–Trinajstić information content (AvgIpc) is 3.04. The second-order valence-corrected chi connectivity index (χ2v) is 7.73. The van der Waals surface area contributed by atoms with Crippen molar-refractivity contribution in [3.05, 3.63) is 60.6 Å². The van der Waals surface area contributed by atoms with Crippen LogP contribution in [-0.2, 0) is 16.6 Å². The summed E-state index contributed by atoms with van der Waals surface area (Å²) in [6.45, 7) is 0.984. The molecule has 27 heavy (non-hydrogen) atoms. The Morgan fingerprint density at radius 2 is 1.78 bits per heavy atom. The summed E-state index contributed by atoms with van der Waals surface area (Å²) in [5, 5.41) is 0. The number of hydrogen-bond donors (Lipinski definition) is 1. The molecule has 2 heterocycles. The summed E-state index contributed by atoms with van der Waals surface area (Å²) in [4.78, 5) is 4.23. The van der Waals surface area contributed by atoms with Crippen molar-refractivity contribution in [2.75, 3.05) is 13.2 Å². The molecule has 0 fully saturated rings. The number of ether oxygens (including phenoxy) is 2. The van der Waals surface area contributed by atoms with E-state index in [1.807, 2.05) is 30.3 Å². The first kappa shape index (κ1) is 17.6. The van der Waals surface area contributed by atoms with Crippen molar-refractivity contribution < 1.29 is 22.3 Å². The van der Waals surface area contributed by atoms with Gasteiger partial charge in [0.15, 0.2) is 17.3 Å². The lowest BCUT2D eigenvalue weighted by molar-refractivity contribution is 0.297. The average molecular weight is 386 g/mol. The predicted octanol–water partition coefficient (Wildman–Crippen LogP) is 2.98. The van der Waals surface area contributed by atoms with Gasteiger partial charge in [-0.2, -0.15) is 0 Å². The molecule has 0 radical (unpaired) electrons. The molecule has 3 aromatic rings. The maximum atomic E-state index is 12.6. The first-order valence-electron chi connectivity index (χ1n) is 8.51. The molecule has 0 saturated carbocycles. The number of benzene rings is 2. The quantitative estimate of drug-likeness (QED) is 0.725. The van der Waals surface area contributed by atoms with Crippen molar-refractivity contribution in [2.24, 2.45) is 0 Å². The summed E-state index contributed by atoms with van der Waals surface area (Å²) in [5.41, 5.74) is 0.877. The zero-order valence-corrected chi connectivity index (χ0v) is 15.2. The van der Waals surface area contributed by atoms with E-state index in [2.05, 4.69) is 9.71 Å². The standard InChI is InChI=1S/C19H18N2O5S/c22-27(23,15-7-8-16-17(11-15)25-10-4-9-24-16)21-13-19-20-12-18(26-19)14-5-2-1-3-6-14/h1-3,5-8,11-12,21H,4,9-10,13H2. The highest BCUT2D eigenvalue weighted by Gasteiger charge is 2.19. The van der Waals surface area contributed by atoms with Gasteiger partial charge in [0.05, 0.1) is 30.9 Å². The first-order valence-corrected chi connectivity index (χ1v) is 9.99. The number of fused-ring (bicyclic) bond motifs is 1. The number of nitrogens with zero attached hydrogens (tertiary/aromatic N) is 1. The second kappa shape index (κ2) is 7.42. The van der Waals surface area contributed by atoms with Crippen LogP contribution < -0.4 is 14.2 Å². The molecule has 0 spiro atoms. The second-order valence-electron chi connectivity index (χ2n) is 5.97. The third-order valence-electron chi connectivity index (χ3n) is 4.05. The molecule has 4 rings (SSSR count). The van der Waals surface area contributed by atoms with Crippen molar-refractivity contribution in [3.8, 4) is 22.8 Å². The SMILES string of the molecule is O=S(=O)(NCc1ncc(-c2ccccc2)o1)c1ccc2c(c1)OCCCO2. The van der Waals surface area contributed by atoms with Gasteiger partial charge in [-0.3, -0.25) is 0 Å². The number of aromatic nitrogens is 1. The fraction of sp³-hybridized carbons (Fsp3) is 0.211. The molecule has 1 N–H and O–H groups in total. The van der Waals surface area contributed by atoms with E-state index in [1.165, 1.54) is 12.1 Å². The van der Waals surface area contributed by atoms with Gasteiger partial charge >= 0.3 is 0 Å². The largest absolute Gasteiger partial charge is 0.490 e. The topological polar surface area (TPSA) is 90.7 Å². The van der Waals surface area contributed by atoms with E-state index >= 15 is 0 Å². The van der Waals surface area contributed by atoms with Crippen LogP contribution in [0.15, 0.2) is 64.0 Å². The van der Waals surface area contributed by atoms with Gasteiger partial charge in [0.1, 0.15) is 0 Å². The summed E-state index contributed by atoms with van der Waals surface area (Å²) >= 11 is 0. The summed E-state index contributed by atoms with van der Waals surface area (Å²) in [7, 11) is -3.74. The van der Waals surface area contributed by atoms with Crippen molar-refractivity contribution in [1.82, 2.24) is 9.71 Å². The fourth-order valence-electron chi connectivity index (χ4n) is 2.68. The van der Waals surface area contributed by atoms with E-state index in [0.29, 0.717) is 30.5 Å². The zero-order valence-electron chi connectivity index (χ0n) is 14.4. The van der Waals surface area contributed by atoms with E-state index in [1.54, 1.807) is 12.3 Å². The molecule has 0 amide bonds. The molecule has 7 nitrogen and oxygen atoms in total. The molecule has 1 aliphatic rings.